The summed E-state index contributed by atoms with van der Waals surface area (Å²) in [5.41, 5.74) is 4.45. The Balaban J connectivity index is 2.25. The minimum Gasteiger partial charge on any atom is -0.227 e. The zero-order valence-electron chi connectivity index (χ0n) is 9.14. The Morgan fingerprint density at radius 2 is 2.00 bits per heavy atom. The van der Waals surface area contributed by atoms with E-state index in [2.05, 4.69) is 33.6 Å². The van der Waals surface area contributed by atoms with Crippen LogP contribution in [0.1, 0.15) is 17.7 Å². The van der Waals surface area contributed by atoms with E-state index in [1.54, 1.807) is 0 Å². The first-order valence-electron chi connectivity index (χ1n) is 5.14. The van der Waals surface area contributed by atoms with E-state index >= 15 is 0 Å². The lowest BCUT2D eigenvalue weighted by Gasteiger charge is -2.22. The SMILES string of the molecule is CSC1C2=C(C)N=NC2=Nc2ccccc21. The smallest absolute Gasteiger partial charge is 0.181 e. The minimum absolute atomic E-state index is 0.318. The molecule has 0 spiro atoms. The molecule has 2 aliphatic heterocycles. The van der Waals surface area contributed by atoms with Crippen molar-refractivity contribution >= 4 is 23.3 Å². The highest BCUT2D eigenvalue weighted by atomic mass is 32.2. The highest BCUT2D eigenvalue weighted by Gasteiger charge is 2.31. The fourth-order valence-corrected chi connectivity index (χ4v) is 3.07. The van der Waals surface area contributed by atoms with E-state index in [9.17, 15) is 0 Å². The summed E-state index contributed by atoms with van der Waals surface area (Å²) in [7, 11) is 0. The second-order valence-electron chi connectivity index (χ2n) is 3.81. The van der Waals surface area contributed by atoms with E-state index in [1.807, 2.05) is 30.8 Å². The number of rotatable bonds is 1. The van der Waals surface area contributed by atoms with Crippen molar-refractivity contribution < 1.29 is 0 Å². The lowest BCUT2D eigenvalue weighted by Crippen LogP contribution is -2.10. The second kappa shape index (κ2) is 3.56. The summed E-state index contributed by atoms with van der Waals surface area (Å²) in [5.74, 6) is 0.788. The van der Waals surface area contributed by atoms with Gasteiger partial charge in [-0.1, -0.05) is 18.2 Å². The maximum Gasteiger partial charge on any atom is 0.181 e. The van der Waals surface area contributed by atoms with Crippen LogP contribution in [0.2, 0.25) is 0 Å². The molecule has 2 heterocycles. The molecule has 0 radical (unpaired) electrons. The maximum atomic E-state index is 4.54. The molecule has 1 aromatic carbocycles. The molecule has 0 aliphatic carbocycles. The van der Waals surface area contributed by atoms with Gasteiger partial charge in [0.05, 0.1) is 16.6 Å². The predicted molar refractivity (Wildman–Crippen MR) is 67.3 cm³/mol. The van der Waals surface area contributed by atoms with Gasteiger partial charge in [0.1, 0.15) is 0 Å². The number of fused-ring (bicyclic) bond motifs is 2. The van der Waals surface area contributed by atoms with Gasteiger partial charge >= 0.3 is 0 Å². The molecule has 3 rings (SSSR count). The number of hydrogen-bond donors (Lipinski definition) is 0. The number of hydrogen-bond acceptors (Lipinski definition) is 4. The highest BCUT2D eigenvalue weighted by molar-refractivity contribution is 7.99. The van der Waals surface area contributed by atoms with Crippen LogP contribution in [-0.4, -0.2) is 12.1 Å². The van der Waals surface area contributed by atoms with Crippen molar-refractivity contribution in [3.8, 4) is 0 Å². The van der Waals surface area contributed by atoms with Gasteiger partial charge in [0, 0.05) is 5.57 Å². The third-order valence-electron chi connectivity index (χ3n) is 2.87. The van der Waals surface area contributed by atoms with Crippen molar-refractivity contribution in [2.24, 2.45) is 15.2 Å². The fraction of sp³-hybridized carbons (Fsp3) is 0.250. The van der Waals surface area contributed by atoms with Crippen LogP contribution in [0.4, 0.5) is 5.69 Å². The van der Waals surface area contributed by atoms with Gasteiger partial charge in [0.2, 0.25) is 0 Å². The average Bonchev–Trinajstić information content (AvgIpc) is 2.68. The summed E-state index contributed by atoms with van der Waals surface area (Å²) in [6, 6.07) is 8.23. The van der Waals surface area contributed by atoms with Crippen molar-refractivity contribution in [2.75, 3.05) is 6.26 Å². The minimum atomic E-state index is 0.318. The van der Waals surface area contributed by atoms with E-state index in [0.29, 0.717) is 5.25 Å². The third kappa shape index (κ3) is 1.26. The standard InChI is InChI=1S/C12H11N3S/c1-7-10-11(16-2)8-5-3-4-6-9(8)13-12(10)15-14-7/h3-6,11H,1-2H3. The predicted octanol–water partition coefficient (Wildman–Crippen LogP) is 3.87. The van der Waals surface area contributed by atoms with Gasteiger partial charge in [0.15, 0.2) is 5.84 Å². The van der Waals surface area contributed by atoms with Crippen LogP contribution < -0.4 is 0 Å². The van der Waals surface area contributed by atoms with Crippen molar-refractivity contribution in [1.82, 2.24) is 0 Å². The zero-order valence-corrected chi connectivity index (χ0v) is 9.95. The normalized spacial score (nSPS) is 21.9. The Bertz CT molecular complexity index is 543. The first-order chi connectivity index (χ1) is 7.81. The number of azo groups is 1. The van der Waals surface area contributed by atoms with Gasteiger partial charge in [-0.3, -0.25) is 0 Å². The Kier molecular flexibility index (Phi) is 2.17. The summed E-state index contributed by atoms with van der Waals surface area (Å²) in [4.78, 5) is 4.54. The van der Waals surface area contributed by atoms with Crippen LogP contribution in [0.5, 0.6) is 0 Å². The molecule has 1 atom stereocenters. The Morgan fingerprint density at radius 1 is 1.19 bits per heavy atom. The number of thioether (sulfide) groups is 1. The molecule has 0 aromatic heterocycles. The van der Waals surface area contributed by atoms with Gasteiger partial charge < -0.3 is 0 Å². The topological polar surface area (TPSA) is 37.1 Å². The Labute approximate surface area is 98.4 Å². The molecule has 1 aromatic rings. The lowest BCUT2D eigenvalue weighted by molar-refractivity contribution is 1.11. The fourth-order valence-electron chi connectivity index (χ4n) is 2.11. The molecule has 80 valence electrons. The van der Waals surface area contributed by atoms with Crippen molar-refractivity contribution in [2.45, 2.75) is 12.2 Å². The zero-order chi connectivity index (χ0) is 11.1. The third-order valence-corrected chi connectivity index (χ3v) is 3.83. The van der Waals surface area contributed by atoms with Crippen LogP contribution in [0.15, 0.2) is 50.8 Å². The van der Waals surface area contributed by atoms with Crippen LogP contribution in [0, 0.1) is 0 Å². The summed E-state index contributed by atoms with van der Waals surface area (Å²) < 4.78 is 0. The van der Waals surface area contributed by atoms with Crippen molar-refractivity contribution in [3.63, 3.8) is 0 Å². The highest BCUT2D eigenvalue weighted by Crippen LogP contribution is 2.46. The molecule has 0 bridgehead atoms. The molecular weight excluding hydrogens is 218 g/mol. The molecule has 0 N–H and O–H groups in total. The summed E-state index contributed by atoms with van der Waals surface area (Å²) in [6.07, 6.45) is 2.11. The molecule has 16 heavy (non-hydrogen) atoms. The molecule has 3 nitrogen and oxygen atoms in total. The van der Waals surface area contributed by atoms with E-state index in [1.165, 1.54) is 11.1 Å². The van der Waals surface area contributed by atoms with E-state index < -0.39 is 0 Å². The summed E-state index contributed by atoms with van der Waals surface area (Å²) >= 11 is 1.81. The summed E-state index contributed by atoms with van der Waals surface area (Å²) in [6.45, 7) is 2.00. The van der Waals surface area contributed by atoms with Gasteiger partial charge in [-0.25, -0.2) is 4.99 Å². The van der Waals surface area contributed by atoms with E-state index in [-0.39, 0.29) is 0 Å². The number of para-hydroxylation sites is 1. The Hall–Kier alpha value is -1.42. The molecule has 0 saturated carbocycles. The molecule has 4 heteroatoms. The summed E-state index contributed by atoms with van der Waals surface area (Å²) in [5, 5.41) is 8.56. The lowest BCUT2D eigenvalue weighted by atomic mass is 9.98. The van der Waals surface area contributed by atoms with Gasteiger partial charge in [-0.15, -0.1) is 5.11 Å². The Morgan fingerprint density at radius 3 is 2.81 bits per heavy atom. The van der Waals surface area contributed by atoms with Crippen molar-refractivity contribution in [1.29, 1.82) is 0 Å². The number of nitrogens with zero attached hydrogens (tertiary/aromatic N) is 3. The molecular formula is C12H11N3S. The monoisotopic (exact) mass is 229 g/mol. The second-order valence-corrected chi connectivity index (χ2v) is 4.75. The molecule has 0 fully saturated rings. The largest absolute Gasteiger partial charge is 0.227 e. The number of amidine groups is 1. The van der Waals surface area contributed by atoms with Gasteiger partial charge in [-0.05, 0) is 24.8 Å². The molecule has 0 amide bonds. The van der Waals surface area contributed by atoms with Crippen molar-refractivity contribution in [3.05, 3.63) is 41.1 Å². The number of allylic oxidation sites excluding steroid dienone is 1. The van der Waals surface area contributed by atoms with Crippen LogP contribution in [0.3, 0.4) is 0 Å². The average molecular weight is 229 g/mol. The van der Waals surface area contributed by atoms with Crippen LogP contribution >= 0.6 is 11.8 Å². The van der Waals surface area contributed by atoms with Gasteiger partial charge in [0.25, 0.3) is 0 Å². The maximum absolute atomic E-state index is 4.54. The van der Waals surface area contributed by atoms with Crippen LogP contribution in [-0.2, 0) is 0 Å². The van der Waals surface area contributed by atoms with E-state index in [0.717, 1.165) is 17.2 Å². The molecule has 1 unspecified atom stereocenters. The first kappa shape index (κ1) is 9.78. The van der Waals surface area contributed by atoms with Gasteiger partial charge in [-0.2, -0.15) is 16.9 Å². The molecule has 0 saturated heterocycles. The molecule has 2 aliphatic rings. The number of aliphatic imine (C=N–C) groups is 1. The quantitative estimate of drug-likeness (QED) is 0.720. The first-order valence-corrected chi connectivity index (χ1v) is 6.43. The van der Waals surface area contributed by atoms with Crippen LogP contribution in [0.25, 0.3) is 0 Å². The number of benzene rings is 1. The van der Waals surface area contributed by atoms with E-state index in [4.69, 9.17) is 0 Å².